The standard InChI is InChI=1S/C31H19F8N3O3S/c32-18-8-6-16(7-9-18)14-21(41-29(44)17-4-2-1-3-5-17)30(45)40-19-10-12-20(13-11-19)46-15-22(43)42-28-26(35)24(33)23(31(37,38)39)25(34)27(28)36/h1-14H,15H2,(H,40,45)(H,41,44)(H,42,43)/b21-14-. The first-order valence-electron chi connectivity index (χ1n) is 12.9. The first kappa shape index (κ1) is 33.7. The van der Waals surface area contributed by atoms with E-state index < -0.39 is 70.0 Å². The van der Waals surface area contributed by atoms with Crippen LogP contribution in [0.25, 0.3) is 6.08 Å². The van der Waals surface area contributed by atoms with Crippen molar-refractivity contribution in [2.45, 2.75) is 11.1 Å². The lowest BCUT2D eigenvalue weighted by molar-refractivity contribution is -0.143. The number of carbonyl (C=O) groups is 3. The summed E-state index contributed by atoms with van der Waals surface area (Å²) < 4.78 is 107. The van der Waals surface area contributed by atoms with Gasteiger partial charge in [-0.2, -0.15) is 13.2 Å². The molecule has 0 saturated carbocycles. The molecule has 0 heterocycles. The van der Waals surface area contributed by atoms with Gasteiger partial charge in [-0.05, 0) is 60.2 Å². The quantitative estimate of drug-likeness (QED) is 0.0747. The number of anilines is 2. The number of nitrogens with one attached hydrogen (secondary N) is 3. The molecule has 4 aromatic carbocycles. The van der Waals surface area contributed by atoms with Gasteiger partial charge in [-0.25, -0.2) is 22.0 Å². The fourth-order valence-corrected chi connectivity index (χ4v) is 4.51. The maximum absolute atomic E-state index is 14.1. The summed E-state index contributed by atoms with van der Waals surface area (Å²) in [6, 6.07) is 18.8. The topological polar surface area (TPSA) is 87.3 Å². The normalized spacial score (nSPS) is 11.6. The van der Waals surface area contributed by atoms with Gasteiger partial charge in [0.25, 0.3) is 11.8 Å². The molecule has 0 bridgehead atoms. The van der Waals surface area contributed by atoms with Crippen LogP contribution in [0.1, 0.15) is 21.5 Å². The second kappa shape index (κ2) is 14.3. The van der Waals surface area contributed by atoms with Gasteiger partial charge in [-0.3, -0.25) is 14.4 Å². The number of amides is 3. The minimum atomic E-state index is -5.73. The van der Waals surface area contributed by atoms with E-state index in [1.807, 2.05) is 0 Å². The molecule has 0 aliphatic rings. The van der Waals surface area contributed by atoms with Gasteiger partial charge in [0.2, 0.25) is 5.91 Å². The summed E-state index contributed by atoms with van der Waals surface area (Å²) in [4.78, 5) is 38.4. The molecule has 0 unspecified atom stereocenters. The predicted molar refractivity (Wildman–Crippen MR) is 154 cm³/mol. The predicted octanol–water partition coefficient (Wildman–Crippen LogP) is 7.54. The van der Waals surface area contributed by atoms with Gasteiger partial charge < -0.3 is 16.0 Å². The lowest BCUT2D eigenvalue weighted by Crippen LogP contribution is -2.30. The van der Waals surface area contributed by atoms with Crippen molar-refractivity contribution in [2.75, 3.05) is 16.4 Å². The highest BCUT2D eigenvalue weighted by Gasteiger charge is 2.42. The van der Waals surface area contributed by atoms with Gasteiger partial charge in [0.15, 0.2) is 23.3 Å². The van der Waals surface area contributed by atoms with Gasteiger partial charge in [0, 0.05) is 16.1 Å². The van der Waals surface area contributed by atoms with Crippen LogP contribution in [0.4, 0.5) is 46.5 Å². The number of rotatable bonds is 9. The SMILES string of the molecule is O=C(CSc1ccc(NC(=O)/C(=C/c2ccc(F)cc2)NC(=O)c2ccccc2)cc1)Nc1c(F)c(F)c(C(F)(F)F)c(F)c1F. The van der Waals surface area contributed by atoms with E-state index in [0.717, 1.165) is 11.8 Å². The highest BCUT2D eigenvalue weighted by molar-refractivity contribution is 8.00. The molecule has 46 heavy (non-hydrogen) atoms. The molecule has 4 aromatic rings. The molecular weight excluding hydrogens is 646 g/mol. The van der Waals surface area contributed by atoms with Gasteiger partial charge in [-0.1, -0.05) is 30.3 Å². The molecule has 0 radical (unpaired) electrons. The fourth-order valence-electron chi connectivity index (χ4n) is 3.82. The molecule has 15 heteroatoms. The molecule has 6 nitrogen and oxygen atoms in total. The lowest BCUT2D eigenvalue weighted by atomic mass is 10.1. The highest BCUT2D eigenvalue weighted by Crippen LogP contribution is 2.38. The van der Waals surface area contributed by atoms with Crippen molar-refractivity contribution in [3.63, 3.8) is 0 Å². The van der Waals surface area contributed by atoms with Crippen LogP contribution in [-0.2, 0) is 15.8 Å². The molecule has 3 N–H and O–H groups in total. The van der Waals surface area contributed by atoms with E-state index in [0.29, 0.717) is 10.5 Å². The summed E-state index contributed by atoms with van der Waals surface area (Å²) in [5.41, 5.74) is -3.74. The van der Waals surface area contributed by atoms with Crippen molar-refractivity contribution in [3.05, 3.63) is 130 Å². The zero-order chi connectivity index (χ0) is 33.6. The Balaban J connectivity index is 1.42. The van der Waals surface area contributed by atoms with Gasteiger partial charge in [0.1, 0.15) is 22.8 Å². The van der Waals surface area contributed by atoms with Crippen LogP contribution in [0, 0.1) is 29.1 Å². The number of thioether (sulfide) groups is 1. The Hall–Kier alpha value is -5.18. The molecule has 0 saturated heterocycles. The molecule has 3 amide bonds. The fraction of sp³-hybridized carbons (Fsp3) is 0.0645. The Morgan fingerprint density at radius 1 is 0.717 bits per heavy atom. The van der Waals surface area contributed by atoms with Crippen molar-refractivity contribution in [3.8, 4) is 0 Å². The minimum absolute atomic E-state index is 0.175. The van der Waals surface area contributed by atoms with Crippen molar-refractivity contribution in [1.29, 1.82) is 0 Å². The second-order valence-electron chi connectivity index (χ2n) is 9.25. The summed E-state index contributed by atoms with van der Waals surface area (Å²) in [7, 11) is 0. The maximum atomic E-state index is 14.1. The van der Waals surface area contributed by atoms with Gasteiger partial charge in [-0.15, -0.1) is 11.8 Å². The second-order valence-corrected chi connectivity index (χ2v) is 10.3. The van der Waals surface area contributed by atoms with Crippen LogP contribution >= 0.6 is 11.8 Å². The summed E-state index contributed by atoms with van der Waals surface area (Å²) >= 11 is 0.782. The van der Waals surface area contributed by atoms with Gasteiger partial charge >= 0.3 is 6.18 Å². The summed E-state index contributed by atoms with van der Waals surface area (Å²) in [6.45, 7) is 0. The Morgan fingerprint density at radius 3 is 1.87 bits per heavy atom. The van der Waals surface area contributed by atoms with E-state index in [2.05, 4.69) is 10.6 Å². The van der Waals surface area contributed by atoms with E-state index in [-0.39, 0.29) is 16.9 Å². The summed E-state index contributed by atoms with van der Waals surface area (Å²) in [5, 5.41) is 6.63. The molecule has 0 aliphatic heterocycles. The first-order chi connectivity index (χ1) is 21.7. The third-order valence-electron chi connectivity index (χ3n) is 6.00. The molecule has 0 fully saturated rings. The third kappa shape index (κ3) is 8.29. The molecule has 0 atom stereocenters. The van der Waals surface area contributed by atoms with Crippen LogP contribution < -0.4 is 16.0 Å². The molecule has 0 aliphatic carbocycles. The van der Waals surface area contributed by atoms with Crippen LogP contribution in [0.15, 0.2) is 89.5 Å². The van der Waals surface area contributed by atoms with Crippen molar-refractivity contribution in [2.24, 2.45) is 0 Å². The Kier molecular flexibility index (Phi) is 10.5. The van der Waals surface area contributed by atoms with E-state index in [4.69, 9.17) is 0 Å². The first-order valence-corrected chi connectivity index (χ1v) is 13.8. The van der Waals surface area contributed by atoms with Crippen LogP contribution in [-0.4, -0.2) is 23.5 Å². The van der Waals surface area contributed by atoms with Crippen LogP contribution in [0.2, 0.25) is 0 Å². The van der Waals surface area contributed by atoms with Crippen molar-refractivity contribution >= 4 is 46.9 Å². The monoisotopic (exact) mass is 665 g/mol. The number of hydrogen-bond donors (Lipinski definition) is 3. The zero-order valence-corrected chi connectivity index (χ0v) is 23.8. The largest absolute Gasteiger partial charge is 0.422 e. The molecule has 238 valence electrons. The number of benzene rings is 4. The Labute approximate surface area is 259 Å². The van der Waals surface area contributed by atoms with Crippen LogP contribution in [0.3, 0.4) is 0 Å². The smallest absolute Gasteiger partial charge is 0.321 e. The minimum Gasteiger partial charge on any atom is -0.321 e. The summed E-state index contributed by atoms with van der Waals surface area (Å²) in [6.07, 6.45) is -4.39. The maximum Gasteiger partial charge on any atom is 0.422 e. The van der Waals surface area contributed by atoms with E-state index in [9.17, 15) is 49.5 Å². The van der Waals surface area contributed by atoms with Crippen molar-refractivity contribution < 1.29 is 49.5 Å². The molecule has 0 aromatic heterocycles. The number of alkyl halides is 3. The molecule has 0 spiro atoms. The number of hydrogen-bond acceptors (Lipinski definition) is 4. The van der Waals surface area contributed by atoms with E-state index >= 15 is 0 Å². The zero-order valence-electron chi connectivity index (χ0n) is 22.9. The van der Waals surface area contributed by atoms with E-state index in [1.54, 1.807) is 18.2 Å². The highest BCUT2D eigenvalue weighted by atomic mass is 32.2. The molecule has 4 rings (SSSR count). The summed E-state index contributed by atoms with van der Waals surface area (Å²) in [5.74, 6) is -13.9. The number of halogens is 8. The van der Waals surface area contributed by atoms with Crippen LogP contribution in [0.5, 0.6) is 0 Å². The molecular formula is C31H19F8N3O3S. The average Bonchev–Trinajstić information content (AvgIpc) is 3.02. The lowest BCUT2D eigenvalue weighted by Gasteiger charge is -2.14. The van der Waals surface area contributed by atoms with Crippen molar-refractivity contribution in [1.82, 2.24) is 5.32 Å². The number of carbonyl (C=O) groups excluding carboxylic acids is 3. The third-order valence-corrected chi connectivity index (χ3v) is 7.02. The van der Waals surface area contributed by atoms with Gasteiger partial charge in [0.05, 0.1) is 5.75 Å². The Bertz CT molecular complexity index is 1770. The Morgan fingerprint density at radius 2 is 1.30 bits per heavy atom. The van der Waals surface area contributed by atoms with E-state index in [1.165, 1.54) is 72.1 Å². The average molecular weight is 666 g/mol.